The SMILES string of the molecule is Cc1nc(-c2ccccc2F)c(Br)[nH]1. The average Bonchev–Trinajstić information content (AvgIpc) is 2.46. The summed E-state index contributed by atoms with van der Waals surface area (Å²) < 4.78 is 14.1. The molecule has 2 rings (SSSR count). The van der Waals surface area contributed by atoms with Gasteiger partial charge in [0.05, 0.1) is 0 Å². The third kappa shape index (κ3) is 1.57. The predicted molar refractivity (Wildman–Crippen MR) is 56.4 cm³/mol. The quantitative estimate of drug-likeness (QED) is 0.832. The molecule has 0 aliphatic carbocycles. The van der Waals surface area contributed by atoms with Gasteiger partial charge in [0.15, 0.2) is 0 Å². The summed E-state index contributed by atoms with van der Waals surface area (Å²) in [4.78, 5) is 7.17. The fourth-order valence-electron chi connectivity index (χ4n) is 1.29. The maximum atomic E-state index is 13.4. The summed E-state index contributed by atoms with van der Waals surface area (Å²) in [5.74, 6) is 0.495. The van der Waals surface area contributed by atoms with E-state index >= 15 is 0 Å². The maximum Gasteiger partial charge on any atom is 0.132 e. The van der Waals surface area contributed by atoms with Crippen molar-refractivity contribution in [2.24, 2.45) is 0 Å². The van der Waals surface area contributed by atoms with Crippen LogP contribution in [0.3, 0.4) is 0 Å². The number of halogens is 2. The van der Waals surface area contributed by atoms with Crippen molar-refractivity contribution in [1.29, 1.82) is 0 Å². The Hall–Kier alpha value is -1.16. The van der Waals surface area contributed by atoms with Gasteiger partial charge in [0.1, 0.15) is 21.9 Å². The number of rotatable bonds is 1. The first kappa shape index (κ1) is 9.40. The lowest BCUT2D eigenvalue weighted by atomic mass is 10.1. The van der Waals surface area contributed by atoms with Gasteiger partial charge < -0.3 is 4.98 Å². The molecule has 1 N–H and O–H groups in total. The molecule has 0 spiro atoms. The Bertz CT molecular complexity index is 465. The molecule has 0 aliphatic rings. The Morgan fingerprint density at radius 1 is 1.36 bits per heavy atom. The van der Waals surface area contributed by atoms with Gasteiger partial charge in [-0.25, -0.2) is 9.37 Å². The number of aryl methyl sites for hydroxylation is 1. The zero-order valence-electron chi connectivity index (χ0n) is 7.51. The van der Waals surface area contributed by atoms with Crippen LogP contribution in [0.25, 0.3) is 11.3 Å². The predicted octanol–water partition coefficient (Wildman–Crippen LogP) is 3.29. The highest BCUT2D eigenvalue weighted by Crippen LogP contribution is 2.27. The Labute approximate surface area is 89.3 Å². The van der Waals surface area contributed by atoms with Crippen LogP contribution in [0.15, 0.2) is 28.9 Å². The standard InChI is InChI=1S/C10H8BrFN2/c1-6-13-9(10(11)14-6)7-4-2-3-5-8(7)12/h2-5H,1H3,(H,13,14). The molecule has 14 heavy (non-hydrogen) atoms. The van der Waals surface area contributed by atoms with Crippen LogP contribution in [0.5, 0.6) is 0 Å². The molecule has 1 aromatic heterocycles. The number of hydrogen-bond donors (Lipinski definition) is 1. The van der Waals surface area contributed by atoms with Gasteiger partial charge in [0.2, 0.25) is 0 Å². The van der Waals surface area contributed by atoms with Gasteiger partial charge in [-0.3, -0.25) is 0 Å². The summed E-state index contributed by atoms with van der Waals surface area (Å²) >= 11 is 3.30. The Kier molecular flexibility index (Phi) is 2.37. The van der Waals surface area contributed by atoms with Gasteiger partial charge in [-0.1, -0.05) is 12.1 Å². The topological polar surface area (TPSA) is 28.7 Å². The van der Waals surface area contributed by atoms with Crippen molar-refractivity contribution in [3.63, 3.8) is 0 Å². The first-order valence-electron chi connectivity index (χ1n) is 4.15. The van der Waals surface area contributed by atoms with Crippen molar-refractivity contribution in [1.82, 2.24) is 9.97 Å². The minimum Gasteiger partial charge on any atom is -0.336 e. The third-order valence-electron chi connectivity index (χ3n) is 1.91. The lowest BCUT2D eigenvalue weighted by molar-refractivity contribution is 0.630. The number of aromatic amines is 1. The first-order valence-corrected chi connectivity index (χ1v) is 4.95. The van der Waals surface area contributed by atoms with E-state index in [1.807, 2.05) is 6.92 Å². The normalized spacial score (nSPS) is 10.5. The second-order valence-corrected chi connectivity index (χ2v) is 3.76. The minimum absolute atomic E-state index is 0.264. The van der Waals surface area contributed by atoms with E-state index in [9.17, 15) is 4.39 Å². The molecule has 0 atom stereocenters. The summed E-state index contributed by atoms with van der Waals surface area (Å²) in [7, 11) is 0. The van der Waals surface area contributed by atoms with E-state index in [2.05, 4.69) is 25.9 Å². The maximum absolute atomic E-state index is 13.4. The van der Waals surface area contributed by atoms with E-state index in [0.29, 0.717) is 15.9 Å². The molecule has 0 unspecified atom stereocenters. The van der Waals surface area contributed by atoms with Gasteiger partial charge in [0, 0.05) is 5.56 Å². The molecular weight excluding hydrogens is 247 g/mol. The van der Waals surface area contributed by atoms with E-state index in [1.165, 1.54) is 6.07 Å². The Morgan fingerprint density at radius 3 is 2.64 bits per heavy atom. The number of H-pyrrole nitrogens is 1. The van der Waals surface area contributed by atoms with Crippen LogP contribution < -0.4 is 0 Å². The number of nitrogens with zero attached hydrogens (tertiary/aromatic N) is 1. The monoisotopic (exact) mass is 254 g/mol. The molecule has 1 aromatic carbocycles. The molecule has 1 heterocycles. The Balaban J connectivity index is 2.60. The molecule has 0 radical (unpaired) electrons. The number of benzene rings is 1. The van der Waals surface area contributed by atoms with Crippen molar-refractivity contribution in [2.75, 3.05) is 0 Å². The molecule has 2 nitrogen and oxygen atoms in total. The molecule has 0 saturated carbocycles. The molecule has 4 heteroatoms. The highest BCUT2D eigenvalue weighted by atomic mass is 79.9. The summed E-state index contributed by atoms with van der Waals surface area (Å²) in [5.41, 5.74) is 1.12. The molecule has 72 valence electrons. The minimum atomic E-state index is -0.264. The molecule has 0 amide bonds. The van der Waals surface area contributed by atoms with Crippen molar-refractivity contribution in [3.05, 3.63) is 40.5 Å². The number of nitrogens with one attached hydrogen (secondary N) is 1. The van der Waals surface area contributed by atoms with Crippen LogP contribution >= 0.6 is 15.9 Å². The van der Waals surface area contributed by atoms with Crippen molar-refractivity contribution in [2.45, 2.75) is 6.92 Å². The van der Waals surface area contributed by atoms with Gasteiger partial charge >= 0.3 is 0 Å². The van der Waals surface area contributed by atoms with Gasteiger partial charge in [-0.15, -0.1) is 0 Å². The summed E-state index contributed by atoms with van der Waals surface area (Å²) in [6, 6.07) is 6.57. The van der Waals surface area contributed by atoms with Crippen LogP contribution in [-0.4, -0.2) is 9.97 Å². The van der Waals surface area contributed by atoms with Crippen molar-refractivity contribution >= 4 is 15.9 Å². The van der Waals surface area contributed by atoms with Crippen LogP contribution in [0.4, 0.5) is 4.39 Å². The van der Waals surface area contributed by atoms with Gasteiger partial charge in [-0.2, -0.15) is 0 Å². The average molecular weight is 255 g/mol. The number of aromatic nitrogens is 2. The summed E-state index contributed by atoms with van der Waals surface area (Å²) in [5, 5.41) is 0. The van der Waals surface area contributed by atoms with E-state index in [4.69, 9.17) is 0 Å². The molecule has 0 fully saturated rings. The van der Waals surface area contributed by atoms with E-state index in [1.54, 1.807) is 18.2 Å². The van der Waals surface area contributed by atoms with Crippen LogP contribution in [-0.2, 0) is 0 Å². The summed E-state index contributed by atoms with van der Waals surface area (Å²) in [6.45, 7) is 1.83. The van der Waals surface area contributed by atoms with Crippen LogP contribution in [0.2, 0.25) is 0 Å². The van der Waals surface area contributed by atoms with Crippen molar-refractivity contribution in [3.8, 4) is 11.3 Å². The highest BCUT2D eigenvalue weighted by molar-refractivity contribution is 9.10. The highest BCUT2D eigenvalue weighted by Gasteiger charge is 2.11. The van der Waals surface area contributed by atoms with Gasteiger partial charge in [-0.05, 0) is 35.0 Å². The zero-order chi connectivity index (χ0) is 10.1. The van der Waals surface area contributed by atoms with E-state index in [-0.39, 0.29) is 5.82 Å². The summed E-state index contributed by atoms with van der Waals surface area (Å²) in [6.07, 6.45) is 0. The van der Waals surface area contributed by atoms with Crippen molar-refractivity contribution < 1.29 is 4.39 Å². The molecule has 2 aromatic rings. The third-order valence-corrected chi connectivity index (χ3v) is 2.48. The molecule has 0 bridgehead atoms. The smallest absolute Gasteiger partial charge is 0.132 e. The molecule has 0 aliphatic heterocycles. The largest absolute Gasteiger partial charge is 0.336 e. The second kappa shape index (κ2) is 3.53. The zero-order valence-corrected chi connectivity index (χ0v) is 9.10. The van der Waals surface area contributed by atoms with Crippen LogP contribution in [0.1, 0.15) is 5.82 Å². The fourth-order valence-corrected chi connectivity index (χ4v) is 1.88. The fraction of sp³-hybridized carbons (Fsp3) is 0.100. The second-order valence-electron chi connectivity index (χ2n) is 2.96. The van der Waals surface area contributed by atoms with Crippen LogP contribution in [0, 0.1) is 12.7 Å². The number of imidazole rings is 1. The molecule has 0 saturated heterocycles. The van der Waals surface area contributed by atoms with E-state index < -0.39 is 0 Å². The number of hydrogen-bond acceptors (Lipinski definition) is 1. The first-order chi connectivity index (χ1) is 6.68. The van der Waals surface area contributed by atoms with E-state index in [0.717, 1.165) is 5.82 Å². The lowest BCUT2D eigenvalue weighted by Crippen LogP contribution is -1.84. The molecular formula is C10H8BrFN2. The lowest BCUT2D eigenvalue weighted by Gasteiger charge is -1.98. The van der Waals surface area contributed by atoms with Gasteiger partial charge in [0.25, 0.3) is 0 Å². The Morgan fingerprint density at radius 2 is 2.07 bits per heavy atom.